The Morgan fingerprint density at radius 1 is 1.04 bits per heavy atom. The van der Waals surface area contributed by atoms with E-state index in [2.05, 4.69) is 4.90 Å². The highest BCUT2D eigenvalue weighted by Gasteiger charge is 2.22. The molecule has 3 aromatic rings. The minimum absolute atomic E-state index is 0.133. The maximum absolute atomic E-state index is 12.8. The summed E-state index contributed by atoms with van der Waals surface area (Å²) in [7, 11) is 1.66. The summed E-state index contributed by atoms with van der Waals surface area (Å²) in [5.41, 5.74) is 2.11. The summed E-state index contributed by atoms with van der Waals surface area (Å²) in [6, 6.07) is 15.8. The average molecular weight is 384 g/mol. The minimum Gasteiger partial charge on any atom is -0.495 e. The number of hydrogen-bond donors (Lipinski definition) is 0. The van der Waals surface area contributed by atoms with Gasteiger partial charge in [0, 0.05) is 48.5 Å². The zero-order chi connectivity index (χ0) is 18.8. The molecule has 140 valence electrons. The van der Waals surface area contributed by atoms with Crippen LogP contribution >= 0.6 is 11.6 Å². The second-order valence-corrected chi connectivity index (χ2v) is 7.12. The van der Waals surface area contributed by atoms with Gasteiger partial charge in [-0.2, -0.15) is 0 Å². The SMILES string of the molecule is COc1cccc2ccn(CC(=O)N3CCN(c4ccc(Cl)cc4)CC3)c12. The number of aromatic nitrogens is 1. The van der Waals surface area contributed by atoms with E-state index >= 15 is 0 Å². The van der Waals surface area contributed by atoms with Crippen LogP contribution < -0.4 is 9.64 Å². The van der Waals surface area contributed by atoms with Crippen LogP contribution in [0, 0.1) is 0 Å². The van der Waals surface area contributed by atoms with Crippen molar-refractivity contribution in [3.8, 4) is 5.75 Å². The van der Waals surface area contributed by atoms with E-state index in [1.54, 1.807) is 7.11 Å². The summed E-state index contributed by atoms with van der Waals surface area (Å²) < 4.78 is 7.44. The Hall–Kier alpha value is -2.66. The quantitative estimate of drug-likeness (QED) is 0.690. The molecule has 5 nitrogen and oxygen atoms in total. The van der Waals surface area contributed by atoms with Crippen LogP contribution in [0.4, 0.5) is 5.69 Å². The number of carbonyl (C=O) groups is 1. The first-order valence-electron chi connectivity index (χ1n) is 9.06. The van der Waals surface area contributed by atoms with Gasteiger partial charge in [-0.15, -0.1) is 0 Å². The lowest BCUT2D eigenvalue weighted by atomic mass is 10.2. The van der Waals surface area contributed by atoms with E-state index in [0.29, 0.717) is 6.54 Å². The molecule has 0 atom stereocenters. The van der Waals surface area contributed by atoms with Crippen molar-refractivity contribution in [3.63, 3.8) is 0 Å². The van der Waals surface area contributed by atoms with Gasteiger partial charge >= 0.3 is 0 Å². The van der Waals surface area contributed by atoms with Crippen molar-refractivity contribution >= 4 is 34.1 Å². The van der Waals surface area contributed by atoms with Gasteiger partial charge in [0.2, 0.25) is 5.91 Å². The Morgan fingerprint density at radius 2 is 1.78 bits per heavy atom. The molecule has 0 saturated carbocycles. The van der Waals surface area contributed by atoms with Crippen molar-refractivity contribution < 1.29 is 9.53 Å². The van der Waals surface area contributed by atoms with Crippen molar-refractivity contribution in [1.82, 2.24) is 9.47 Å². The fourth-order valence-corrected chi connectivity index (χ4v) is 3.76. The van der Waals surface area contributed by atoms with E-state index in [1.165, 1.54) is 0 Å². The predicted molar refractivity (Wildman–Crippen MR) is 109 cm³/mol. The van der Waals surface area contributed by atoms with Crippen molar-refractivity contribution in [3.05, 3.63) is 59.8 Å². The molecule has 0 unspecified atom stereocenters. The molecule has 1 amide bonds. The molecule has 0 bridgehead atoms. The second kappa shape index (κ2) is 7.53. The van der Waals surface area contributed by atoms with Crippen LogP contribution in [0.25, 0.3) is 10.9 Å². The number of halogens is 1. The molecular weight excluding hydrogens is 362 g/mol. The van der Waals surface area contributed by atoms with E-state index in [1.807, 2.05) is 64.2 Å². The van der Waals surface area contributed by atoms with Gasteiger partial charge in [0.1, 0.15) is 12.3 Å². The maximum atomic E-state index is 12.8. The van der Waals surface area contributed by atoms with Crippen LogP contribution in [-0.4, -0.2) is 48.7 Å². The van der Waals surface area contributed by atoms with E-state index in [9.17, 15) is 4.79 Å². The zero-order valence-corrected chi connectivity index (χ0v) is 16.0. The lowest BCUT2D eigenvalue weighted by Crippen LogP contribution is -2.49. The van der Waals surface area contributed by atoms with Gasteiger partial charge in [-0.25, -0.2) is 0 Å². The lowest BCUT2D eigenvalue weighted by molar-refractivity contribution is -0.132. The summed E-state index contributed by atoms with van der Waals surface area (Å²) in [6.45, 7) is 3.41. The van der Waals surface area contributed by atoms with Crippen molar-refractivity contribution in [2.24, 2.45) is 0 Å². The van der Waals surface area contributed by atoms with Crippen molar-refractivity contribution in [1.29, 1.82) is 0 Å². The first kappa shape index (κ1) is 17.7. The molecule has 2 aromatic carbocycles. The normalized spacial score (nSPS) is 14.6. The molecule has 1 saturated heterocycles. The number of hydrogen-bond acceptors (Lipinski definition) is 3. The third-order valence-electron chi connectivity index (χ3n) is 5.10. The fourth-order valence-electron chi connectivity index (χ4n) is 3.63. The van der Waals surface area contributed by atoms with E-state index in [4.69, 9.17) is 16.3 Å². The number of methoxy groups -OCH3 is 1. The molecule has 1 aliphatic heterocycles. The molecule has 1 aromatic heterocycles. The Bertz CT molecular complexity index is 944. The number of amides is 1. The predicted octanol–water partition coefficient (Wildman–Crippen LogP) is 3.65. The number of rotatable bonds is 4. The molecule has 0 aliphatic carbocycles. The van der Waals surface area contributed by atoms with Gasteiger partial charge in [0.05, 0.1) is 12.6 Å². The van der Waals surface area contributed by atoms with E-state index in [-0.39, 0.29) is 5.91 Å². The van der Waals surface area contributed by atoms with Crippen molar-refractivity contribution in [2.45, 2.75) is 6.54 Å². The van der Waals surface area contributed by atoms with E-state index in [0.717, 1.165) is 53.5 Å². The largest absolute Gasteiger partial charge is 0.495 e. The molecule has 1 aliphatic rings. The highest BCUT2D eigenvalue weighted by atomic mass is 35.5. The molecule has 4 rings (SSSR count). The summed E-state index contributed by atoms with van der Waals surface area (Å²) in [6.07, 6.45) is 1.95. The van der Waals surface area contributed by atoms with Gasteiger partial charge in [-0.3, -0.25) is 4.79 Å². The number of anilines is 1. The summed E-state index contributed by atoms with van der Waals surface area (Å²) in [5, 5.41) is 1.82. The van der Waals surface area contributed by atoms with Crippen LogP contribution in [0.5, 0.6) is 5.75 Å². The summed E-state index contributed by atoms with van der Waals surface area (Å²) in [5.74, 6) is 0.923. The number of nitrogens with zero attached hydrogens (tertiary/aromatic N) is 3. The Labute approximate surface area is 163 Å². The standard InChI is InChI=1S/C21H22ClN3O2/c1-27-19-4-2-3-16-9-10-25(21(16)19)15-20(26)24-13-11-23(12-14-24)18-7-5-17(22)6-8-18/h2-10H,11-15H2,1H3. The Kier molecular flexibility index (Phi) is 4.94. The van der Waals surface area contributed by atoms with Crippen molar-refractivity contribution in [2.75, 3.05) is 38.2 Å². The minimum atomic E-state index is 0.133. The average Bonchev–Trinajstić information content (AvgIpc) is 3.12. The highest BCUT2D eigenvalue weighted by molar-refractivity contribution is 6.30. The second-order valence-electron chi connectivity index (χ2n) is 6.69. The van der Waals surface area contributed by atoms with Gasteiger partial charge < -0.3 is 19.1 Å². The van der Waals surface area contributed by atoms with Crippen LogP contribution in [0.1, 0.15) is 0 Å². The fraction of sp³-hybridized carbons (Fsp3) is 0.286. The molecule has 27 heavy (non-hydrogen) atoms. The van der Waals surface area contributed by atoms with Gasteiger partial charge in [-0.05, 0) is 36.4 Å². The molecule has 6 heteroatoms. The maximum Gasteiger partial charge on any atom is 0.242 e. The molecule has 2 heterocycles. The smallest absolute Gasteiger partial charge is 0.242 e. The molecule has 0 N–H and O–H groups in total. The monoisotopic (exact) mass is 383 g/mol. The molecule has 0 radical (unpaired) electrons. The Balaban J connectivity index is 1.42. The van der Waals surface area contributed by atoms with E-state index < -0.39 is 0 Å². The van der Waals surface area contributed by atoms with Gasteiger partial charge in [0.25, 0.3) is 0 Å². The Morgan fingerprint density at radius 3 is 2.48 bits per heavy atom. The number of benzene rings is 2. The first-order valence-corrected chi connectivity index (χ1v) is 9.43. The third-order valence-corrected chi connectivity index (χ3v) is 5.35. The van der Waals surface area contributed by atoms with Crippen LogP contribution in [0.3, 0.4) is 0 Å². The zero-order valence-electron chi connectivity index (χ0n) is 15.3. The van der Waals surface area contributed by atoms with Gasteiger partial charge in [-0.1, -0.05) is 23.7 Å². The number of carbonyl (C=O) groups excluding carboxylic acids is 1. The van der Waals surface area contributed by atoms with Crippen LogP contribution in [0.15, 0.2) is 54.7 Å². The van der Waals surface area contributed by atoms with Crippen LogP contribution in [0.2, 0.25) is 5.02 Å². The molecule has 0 spiro atoms. The highest BCUT2D eigenvalue weighted by Crippen LogP contribution is 2.26. The number of piperazine rings is 1. The number of fused-ring (bicyclic) bond motifs is 1. The lowest BCUT2D eigenvalue weighted by Gasteiger charge is -2.36. The number of para-hydroxylation sites is 1. The van der Waals surface area contributed by atoms with Crippen LogP contribution in [-0.2, 0) is 11.3 Å². The summed E-state index contributed by atoms with van der Waals surface area (Å²) >= 11 is 5.96. The summed E-state index contributed by atoms with van der Waals surface area (Å²) in [4.78, 5) is 17.0. The third kappa shape index (κ3) is 3.60. The number of ether oxygens (including phenoxy) is 1. The topological polar surface area (TPSA) is 37.7 Å². The molecular formula is C21H22ClN3O2. The van der Waals surface area contributed by atoms with Gasteiger partial charge in [0.15, 0.2) is 0 Å². The molecule has 1 fully saturated rings. The first-order chi connectivity index (χ1) is 13.2.